The van der Waals surface area contributed by atoms with Gasteiger partial charge in [-0.25, -0.2) is 18.6 Å². The van der Waals surface area contributed by atoms with Crippen LogP contribution in [0.1, 0.15) is 37.0 Å². The molecule has 1 aliphatic heterocycles. The molecule has 4 aromatic rings. The van der Waals surface area contributed by atoms with Gasteiger partial charge >= 0.3 is 12.0 Å². The second-order valence-electron chi connectivity index (χ2n) is 9.72. The Morgan fingerprint density at radius 1 is 1.12 bits per heavy atom. The van der Waals surface area contributed by atoms with Crippen molar-refractivity contribution >= 4 is 44.6 Å². The zero-order chi connectivity index (χ0) is 29.8. The molecule has 0 aliphatic carbocycles. The summed E-state index contributed by atoms with van der Waals surface area (Å²) in [6, 6.07) is 10.2. The number of esters is 1. The van der Waals surface area contributed by atoms with E-state index in [0.717, 1.165) is 11.3 Å². The van der Waals surface area contributed by atoms with E-state index in [1.165, 1.54) is 24.4 Å². The second-order valence-corrected chi connectivity index (χ2v) is 10.7. The molecule has 1 saturated heterocycles. The highest BCUT2D eigenvalue weighted by Gasteiger charge is 2.30. The van der Waals surface area contributed by atoms with E-state index in [1.807, 2.05) is 0 Å². The van der Waals surface area contributed by atoms with Crippen molar-refractivity contribution in [2.45, 2.75) is 26.7 Å². The van der Waals surface area contributed by atoms with Gasteiger partial charge in [-0.05, 0) is 62.6 Å². The average molecular weight is 594 g/mol. The third-order valence-corrected chi connectivity index (χ3v) is 7.95. The summed E-state index contributed by atoms with van der Waals surface area (Å²) < 4.78 is 36.3. The van der Waals surface area contributed by atoms with Gasteiger partial charge in [0.05, 0.1) is 17.2 Å². The smallest absolute Gasteiger partial charge is 0.321 e. The summed E-state index contributed by atoms with van der Waals surface area (Å²) in [7, 11) is 0. The molecule has 2 aromatic heterocycles. The first-order valence-corrected chi connectivity index (χ1v) is 14.5. The Hall–Kier alpha value is -4.45. The fraction of sp³-hybridized carbons (Fsp3) is 0.300. The molecule has 12 heteroatoms. The van der Waals surface area contributed by atoms with E-state index in [1.54, 1.807) is 43.0 Å². The van der Waals surface area contributed by atoms with Crippen LogP contribution >= 0.6 is 11.3 Å². The molecule has 2 N–H and O–H groups in total. The predicted octanol–water partition coefficient (Wildman–Crippen LogP) is 5.86. The van der Waals surface area contributed by atoms with Gasteiger partial charge in [0.25, 0.3) is 5.91 Å². The van der Waals surface area contributed by atoms with Gasteiger partial charge in [-0.15, -0.1) is 0 Å². The third kappa shape index (κ3) is 5.94. The first kappa shape index (κ1) is 29.1. The standard InChI is InChI=1S/C30H29F2N5O4S/c1-3-33-29(40)36-30-35-25-23(32)20(15-21(26(25)42-30)24-22(31)8-5-13-34-24)17-9-11-18(12-10-17)27(38)37-14-6-7-19(16-37)28(39)41-4-2/h5,8-13,15,19H,3-4,6-7,14,16H2,1-2H3,(H2,33,35,36,40). The van der Waals surface area contributed by atoms with Crippen LogP contribution in [-0.2, 0) is 9.53 Å². The number of carbonyl (C=O) groups is 3. The van der Waals surface area contributed by atoms with Crippen LogP contribution < -0.4 is 10.6 Å². The highest BCUT2D eigenvalue weighted by Crippen LogP contribution is 2.41. The highest BCUT2D eigenvalue weighted by molar-refractivity contribution is 7.22. The number of benzene rings is 2. The van der Waals surface area contributed by atoms with E-state index in [2.05, 4.69) is 20.6 Å². The van der Waals surface area contributed by atoms with Gasteiger partial charge in [0.2, 0.25) is 0 Å². The lowest BCUT2D eigenvalue weighted by Gasteiger charge is -2.31. The quantitative estimate of drug-likeness (QED) is 0.260. The topological polar surface area (TPSA) is 114 Å². The number of amides is 3. The van der Waals surface area contributed by atoms with Crippen molar-refractivity contribution in [3.05, 3.63) is 65.9 Å². The maximum Gasteiger partial charge on any atom is 0.321 e. The van der Waals surface area contributed by atoms with Gasteiger partial charge in [-0.3, -0.25) is 19.9 Å². The van der Waals surface area contributed by atoms with Crippen molar-refractivity contribution in [2.75, 3.05) is 31.6 Å². The normalized spacial score (nSPS) is 15.0. The zero-order valence-corrected chi connectivity index (χ0v) is 23.9. The molecule has 218 valence electrons. The second kappa shape index (κ2) is 12.6. The lowest BCUT2D eigenvalue weighted by atomic mass is 9.96. The monoisotopic (exact) mass is 593 g/mol. The maximum atomic E-state index is 16.0. The van der Waals surface area contributed by atoms with Crippen molar-refractivity contribution in [3.8, 4) is 22.4 Å². The van der Waals surface area contributed by atoms with Gasteiger partial charge in [-0.1, -0.05) is 23.5 Å². The molecule has 0 saturated carbocycles. The van der Waals surface area contributed by atoms with Gasteiger partial charge in [-0.2, -0.15) is 0 Å². The van der Waals surface area contributed by atoms with E-state index >= 15 is 4.39 Å². The highest BCUT2D eigenvalue weighted by atomic mass is 32.1. The van der Waals surface area contributed by atoms with Crippen LogP contribution in [0.4, 0.5) is 18.7 Å². The first-order chi connectivity index (χ1) is 20.3. The lowest BCUT2D eigenvalue weighted by Crippen LogP contribution is -2.42. The van der Waals surface area contributed by atoms with Crippen LogP contribution in [0, 0.1) is 17.6 Å². The number of pyridine rings is 1. The van der Waals surface area contributed by atoms with Crippen molar-refractivity contribution in [3.63, 3.8) is 0 Å². The molecule has 42 heavy (non-hydrogen) atoms. The molecule has 9 nitrogen and oxygen atoms in total. The Kier molecular flexibility index (Phi) is 8.72. The summed E-state index contributed by atoms with van der Waals surface area (Å²) in [4.78, 5) is 47.6. The number of hydrogen-bond donors (Lipinski definition) is 2. The van der Waals surface area contributed by atoms with Crippen LogP contribution in [0.5, 0.6) is 0 Å². The molecule has 0 radical (unpaired) electrons. The van der Waals surface area contributed by atoms with Crippen LogP contribution in [0.15, 0.2) is 48.7 Å². The molecule has 3 amide bonds. The predicted molar refractivity (Wildman–Crippen MR) is 156 cm³/mol. The average Bonchev–Trinajstić information content (AvgIpc) is 3.42. The van der Waals surface area contributed by atoms with Crippen molar-refractivity contribution in [2.24, 2.45) is 5.92 Å². The number of likely N-dealkylation sites (tertiary alicyclic amines) is 1. The molecule has 2 aromatic carbocycles. The fourth-order valence-corrected chi connectivity index (χ4v) is 5.94. The van der Waals surface area contributed by atoms with E-state index in [9.17, 15) is 18.8 Å². The minimum atomic E-state index is -0.655. The van der Waals surface area contributed by atoms with E-state index in [4.69, 9.17) is 4.74 Å². The Morgan fingerprint density at radius 2 is 1.90 bits per heavy atom. The van der Waals surface area contributed by atoms with E-state index in [0.29, 0.717) is 47.3 Å². The van der Waals surface area contributed by atoms with Crippen LogP contribution in [0.25, 0.3) is 32.6 Å². The van der Waals surface area contributed by atoms with Crippen LogP contribution in [0.2, 0.25) is 0 Å². The van der Waals surface area contributed by atoms with E-state index < -0.39 is 17.7 Å². The summed E-state index contributed by atoms with van der Waals surface area (Å²) in [6.07, 6.45) is 2.80. The molecule has 1 atom stereocenters. The maximum absolute atomic E-state index is 16.0. The number of nitrogens with one attached hydrogen (secondary N) is 2. The third-order valence-electron chi connectivity index (χ3n) is 6.95. The number of piperidine rings is 1. The molecular weight excluding hydrogens is 564 g/mol. The molecule has 1 aliphatic rings. The molecule has 3 heterocycles. The Morgan fingerprint density at radius 3 is 2.62 bits per heavy atom. The van der Waals surface area contributed by atoms with Crippen LogP contribution in [-0.4, -0.2) is 59.0 Å². The lowest BCUT2D eigenvalue weighted by molar-refractivity contribution is -0.149. The molecule has 1 fully saturated rings. The Balaban J connectivity index is 1.49. The van der Waals surface area contributed by atoms with Gasteiger partial charge in [0.1, 0.15) is 17.0 Å². The summed E-state index contributed by atoms with van der Waals surface area (Å²) in [5.41, 5.74) is 1.27. The number of ether oxygens (including phenoxy) is 1. The summed E-state index contributed by atoms with van der Waals surface area (Å²) in [6.45, 7) is 4.99. The number of anilines is 1. The number of nitrogens with zero attached hydrogens (tertiary/aromatic N) is 3. The number of rotatable bonds is 7. The van der Waals surface area contributed by atoms with Gasteiger partial charge < -0.3 is 15.0 Å². The van der Waals surface area contributed by atoms with Gasteiger partial charge in [0, 0.05) is 42.5 Å². The minimum Gasteiger partial charge on any atom is -0.466 e. The number of urea groups is 1. The zero-order valence-electron chi connectivity index (χ0n) is 23.1. The van der Waals surface area contributed by atoms with Crippen molar-refractivity contribution in [1.82, 2.24) is 20.2 Å². The Bertz CT molecular complexity index is 1640. The minimum absolute atomic E-state index is 0.0185. The molecular formula is C30H29F2N5O4S. The number of fused-ring (bicyclic) bond motifs is 1. The summed E-state index contributed by atoms with van der Waals surface area (Å²) >= 11 is 1.01. The van der Waals surface area contributed by atoms with Gasteiger partial charge in [0.15, 0.2) is 10.9 Å². The van der Waals surface area contributed by atoms with E-state index in [-0.39, 0.29) is 52.9 Å². The SMILES string of the molecule is CCNC(=O)Nc1nc2c(F)c(-c3ccc(C(=O)N4CCCC(C(=O)OCC)C4)cc3)cc(-c3ncccc3F)c2s1. The Labute approximate surface area is 244 Å². The number of carbonyl (C=O) groups excluding carboxylic acids is 3. The molecule has 0 spiro atoms. The van der Waals surface area contributed by atoms with Crippen molar-refractivity contribution < 1.29 is 27.9 Å². The fourth-order valence-electron chi connectivity index (χ4n) is 4.97. The largest absolute Gasteiger partial charge is 0.466 e. The summed E-state index contributed by atoms with van der Waals surface area (Å²) in [5, 5.41) is 5.33. The summed E-state index contributed by atoms with van der Waals surface area (Å²) in [5.74, 6) is -2.14. The number of halogens is 2. The van der Waals surface area contributed by atoms with Crippen LogP contribution in [0.3, 0.4) is 0 Å². The number of hydrogen-bond acceptors (Lipinski definition) is 7. The molecule has 5 rings (SSSR count). The first-order valence-electron chi connectivity index (χ1n) is 13.7. The molecule has 0 bridgehead atoms. The molecule has 1 unspecified atom stereocenters. The number of aromatic nitrogens is 2. The van der Waals surface area contributed by atoms with Crippen molar-refractivity contribution in [1.29, 1.82) is 0 Å². The number of thiazole rings is 1.